The largest absolute Gasteiger partial charge is 0.461 e. The highest BCUT2D eigenvalue weighted by Gasteiger charge is 2.47. The first-order valence-electron chi connectivity index (χ1n) is 34.0. The summed E-state index contributed by atoms with van der Waals surface area (Å²) in [6.45, 7) is 30.5. The molecule has 0 unspecified atom stereocenters. The smallest absolute Gasteiger partial charge is 0.332 e. The zero-order valence-electron chi connectivity index (χ0n) is 62.7. The maximum absolute atomic E-state index is 15.5. The van der Waals surface area contributed by atoms with Crippen LogP contribution in [0, 0.1) is 41.4 Å². The number of likely N-dealkylation sites (N-methyl/N-ethyl adjacent to an activating group) is 7. The number of carbonyl (C=O) groups excluding carboxylic acids is 13. The van der Waals surface area contributed by atoms with Gasteiger partial charge in [-0.2, -0.15) is 0 Å². The molecule has 27 heteroatoms. The third kappa shape index (κ3) is 26.0. The first-order valence-corrected chi connectivity index (χ1v) is 34.0. The molecule has 1 fully saturated rings. The summed E-state index contributed by atoms with van der Waals surface area (Å²) in [5.74, 6) is -12.6. The third-order valence-corrected chi connectivity index (χ3v) is 17.1. The summed E-state index contributed by atoms with van der Waals surface area (Å²) < 4.78 is 16.9. The molecule has 1 saturated heterocycles. The fourth-order valence-electron chi connectivity index (χ4n) is 11.6. The summed E-state index contributed by atoms with van der Waals surface area (Å²) in [5.41, 5.74) is 0. The second kappa shape index (κ2) is 40.5. The molecule has 0 saturated carbocycles. The number of hydrogen-bond donors (Lipinski definition) is 4. The van der Waals surface area contributed by atoms with Crippen molar-refractivity contribution in [2.24, 2.45) is 41.4 Å². The Labute approximate surface area is 572 Å². The van der Waals surface area contributed by atoms with E-state index in [0.717, 1.165) is 21.6 Å². The maximum Gasteiger partial charge on any atom is 0.332 e. The average molecular weight is 1360 g/mol. The van der Waals surface area contributed by atoms with Gasteiger partial charge < -0.3 is 69.8 Å². The highest BCUT2D eigenvalue weighted by atomic mass is 16.6. The Hall–Kier alpha value is -7.19. The number of ether oxygens (including phenoxy) is 3. The minimum Gasteiger partial charge on any atom is -0.461 e. The first-order chi connectivity index (χ1) is 44.4. The van der Waals surface area contributed by atoms with Crippen LogP contribution in [0.1, 0.15) is 170 Å². The van der Waals surface area contributed by atoms with Gasteiger partial charge in [0.2, 0.25) is 65.0 Å². The van der Waals surface area contributed by atoms with Crippen LogP contribution < -0.4 is 21.3 Å². The Morgan fingerprint density at radius 3 is 1.41 bits per heavy atom. The SMILES string of the molecule is C/C=C/C[C@@H](C)[C@@H](OC(C)=O)[C@H]1C(=O)N[C@@H](CC)C(=O)N(C)CC(=O)N(C)[C@@H](CC(C)C)C(=O)N[C@@H](C(C)C)C(=O)N(C)[C@@H](CC(C)C)C(=O)N[C@@H](C)C(=O)N[C@H](COCC(=O)OC(C)C)C(=O)N(C)[C@@H](CC(C)C)C(=O)N(C)[C@@H](CC(C)C)C(=O)N(C)[C@@H](C(C)C)C(=O)N1C. The van der Waals surface area contributed by atoms with Crippen LogP contribution in [0.4, 0.5) is 0 Å². The van der Waals surface area contributed by atoms with Gasteiger partial charge in [0, 0.05) is 56.3 Å². The van der Waals surface area contributed by atoms with Gasteiger partial charge in [0.1, 0.15) is 73.1 Å². The molecule has 4 N–H and O–H groups in total. The van der Waals surface area contributed by atoms with E-state index in [4.69, 9.17) is 14.2 Å². The lowest BCUT2D eigenvalue weighted by Gasteiger charge is -2.42. The van der Waals surface area contributed by atoms with Crippen molar-refractivity contribution in [3.05, 3.63) is 12.2 Å². The van der Waals surface area contributed by atoms with Gasteiger partial charge in [-0.15, -0.1) is 0 Å². The van der Waals surface area contributed by atoms with Crippen molar-refractivity contribution < 1.29 is 76.5 Å². The number of esters is 2. The van der Waals surface area contributed by atoms with Crippen LogP contribution in [0.25, 0.3) is 0 Å². The van der Waals surface area contributed by atoms with Crippen LogP contribution in [0.2, 0.25) is 0 Å². The molecule has 96 heavy (non-hydrogen) atoms. The average Bonchev–Trinajstić information content (AvgIpc) is 0.819. The molecule has 548 valence electrons. The van der Waals surface area contributed by atoms with Gasteiger partial charge in [0.25, 0.3) is 0 Å². The number of hydrogen-bond acceptors (Lipinski definition) is 16. The number of nitrogens with zero attached hydrogens (tertiary/aromatic N) is 7. The highest BCUT2D eigenvalue weighted by molar-refractivity contribution is 6.00. The molecular weight excluding hydrogens is 1240 g/mol. The third-order valence-electron chi connectivity index (χ3n) is 17.1. The quantitative estimate of drug-likeness (QED) is 0.0938. The molecule has 0 bridgehead atoms. The summed E-state index contributed by atoms with van der Waals surface area (Å²) in [4.78, 5) is 198. The molecule has 1 aliphatic heterocycles. The summed E-state index contributed by atoms with van der Waals surface area (Å²) in [6.07, 6.45) is 2.27. The summed E-state index contributed by atoms with van der Waals surface area (Å²) in [5, 5.41) is 11.0. The van der Waals surface area contributed by atoms with E-state index in [1.54, 1.807) is 74.5 Å². The van der Waals surface area contributed by atoms with E-state index in [9.17, 15) is 38.4 Å². The van der Waals surface area contributed by atoms with E-state index in [1.165, 1.54) is 75.9 Å². The predicted molar refractivity (Wildman–Crippen MR) is 364 cm³/mol. The van der Waals surface area contributed by atoms with E-state index in [0.29, 0.717) is 0 Å². The lowest BCUT2D eigenvalue weighted by molar-refractivity contribution is -0.164. The van der Waals surface area contributed by atoms with E-state index in [-0.39, 0.29) is 62.2 Å². The molecule has 0 aliphatic carbocycles. The Morgan fingerprint density at radius 2 is 0.948 bits per heavy atom. The van der Waals surface area contributed by atoms with Crippen molar-refractivity contribution in [3.63, 3.8) is 0 Å². The maximum atomic E-state index is 15.5. The zero-order valence-corrected chi connectivity index (χ0v) is 62.7. The van der Waals surface area contributed by atoms with Crippen LogP contribution in [0.5, 0.6) is 0 Å². The van der Waals surface area contributed by atoms with E-state index < -0.39 is 187 Å². The Balaban J connectivity index is 4.60. The molecule has 1 rings (SSSR count). The number of allylic oxidation sites excluding steroid dienone is 2. The molecule has 27 nitrogen and oxygen atoms in total. The summed E-state index contributed by atoms with van der Waals surface area (Å²) >= 11 is 0. The molecule has 11 amide bonds. The zero-order chi connectivity index (χ0) is 74.2. The van der Waals surface area contributed by atoms with Crippen LogP contribution >= 0.6 is 0 Å². The molecule has 0 spiro atoms. The van der Waals surface area contributed by atoms with Gasteiger partial charge in [-0.05, 0) is 108 Å². The fourth-order valence-corrected chi connectivity index (χ4v) is 11.6. The predicted octanol–water partition coefficient (Wildman–Crippen LogP) is 3.79. The highest BCUT2D eigenvalue weighted by Crippen LogP contribution is 2.27. The van der Waals surface area contributed by atoms with Gasteiger partial charge in [-0.25, -0.2) is 4.79 Å². The number of carbonyl (C=O) groups is 13. The minimum absolute atomic E-state index is 0.0241. The molecule has 0 aromatic heterocycles. The number of amides is 11. The monoisotopic (exact) mass is 1360 g/mol. The lowest BCUT2D eigenvalue weighted by Crippen LogP contribution is -2.64. The van der Waals surface area contributed by atoms with Gasteiger partial charge in [-0.1, -0.05) is 109 Å². The summed E-state index contributed by atoms with van der Waals surface area (Å²) in [6, 6.07) is -13.6. The van der Waals surface area contributed by atoms with Crippen molar-refractivity contribution in [3.8, 4) is 0 Å². The molecule has 12 atom stereocenters. The molecule has 0 radical (unpaired) electrons. The van der Waals surface area contributed by atoms with Crippen molar-refractivity contribution in [2.75, 3.05) is 69.1 Å². The van der Waals surface area contributed by atoms with E-state index in [1.807, 2.05) is 55.4 Å². The van der Waals surface area contributed by atoms with Gasteiger partial charge in [0.05, 0.1) is 19.3 Å². The second-order valence-electron chi connectivity index (χ2n) is 28.6. The summed E-state index contributed by atoms with van der Waals surface area (Å²) in [7, 11) is 9.66. The second-order valence-corrected chi connectivity index (χ2v) is 28.6. The first kappa shape index (κ1) is 86.8. The molecule has 1 aliphatic rings. The van der Waals surface area contributed by atoms with Crippen molar-refractivity contribution in [2.45, 2.75) is 243 Å². The molecule has 1 heterocycles. The molecule has 0 aromatic rings. The van der Waals surface area contributed by atoms with Crippen LogP contribution in [-0.4, -0.2) is 253 Å². The van der Waals surface area contributed by atoms with Crippen LogP contribution in [0.15, 0.2) is 12.2 Å². The fraction of sp³-hybridized carbons (Fsp3) is 0.783. The Morgan fingerprint density at radius 1 is 0.500 bits per heavy atom. The molecule has 0 aromatic carbocycles. The van der Waals surface area contributed by atoms with Crippen LogP contribution in [0.3, 0.4) is 0 Å². The van der Waals surface area contributed by atoms with Crippen molar-refractivity contribution >= 4 is 76.9 Å². The van der Waals surface area contributed by atoms with E-state index >= 15 is 24.0 Å². The van der Waals surface area contributed by atoms with Gasteiger partial charge >= 0.3 is 11.9 Å². The van der Waals surface area contributed by atoms with Gasteiger partial charge in [-0.3, -0.25) is 57.5 Å². The van der Waals surface area contributed by atoms with Crippen molar-refractivity contribution in [1.29, 1.82) is 0 Å². The Kier molecular flexibility index (Phi) is 36.6. The minimum atomic E-state index is -1.64. The topological polar surface area (TPSA) is 320 Å². The standard InChI is InChI=1S/C69H121N11O16/c1-27-29-30-45(17)59(96-47(19)81)58-63(87)71-48(28-2)64(88)74(20)35-54(82)75(21)50(31-38(3)4)62(86)73-56(42(11)12)68(92)76(22)51(32-39(5)6)61(85)70-46(18)60(84)72-49(36-94-37-55(83)95-44(15)16)65(89)77(23)52(33-40(7)8)66(90)78(24)53(34-41(9)10)67(91)79(25)57(43(13)14)69(93)80(58)26/h27,29,38-46,48-53,56-59H,28,30-37H2,1-26H3,(H,70,85)(H,71,87)(H,72,84)(H,73,86)/b29-27+/t45-,46+,48+,49-,50+,51+,52+,53+,56+,57+,58+,59-/m1/s1. The normalized spacial score (nSPS) is 25.1. The number of nitrogens with one attached hydrogen (secondary N) is 4. The lowest BCUT2D eigenvalue weighted by atomic mass is 9.91. The van der Waals surface area contributed by atoms with Gasteiger partial charge in [0.15, 0.2) is 0 Å². The Bertz CT molecular complexity index is 2680. The van der Waals surface area contributed by atoms with Crippen molar-refractivity contribution in [1.82, 2.24) is 55.6 Å². The van der Waals surface area contributed by atoms with E-state index in [2.05, 4.69) is 21.3 Å². The molecular formula is C69H121N11O16. The van der Waals surface area contributed by atoms with Crippen LogP contribution in [-0.2, 0) is 76.5 Å². The number of rotatable bonds is 21.